The molecular formula is C32H66ClO4PSn. The zero-order valence-corrected chi connectivity index (χ0v) is 31.2. The molecule has 4 nitrogen and oxygen atoms in total. The summed E-state index contributed by atoms with van der Waals surface area (Å²) in [4.78, 5) is 22.9. The molecule has 0 amide bonds. The van der Waals surface area contributed by atoms with Crippen LogP contribution in [0.2, 0.25) is 8.87 Å². The summed E-state index contributed by atoms with van der Waals surface area (Å²) in [6, 6.07) is 0. The summed E-state index contributed by atoms with van der Waals surface area (Å²) in [5.41, 5.74) is 0. The second-order valence-electron chi connectivity index (χ2n) is 11.2. The average molecular weight is 700 g/mol. The van der Waals surface area contributed by atoms with Gasteiger partial charge in [-0.15, -0.1) is 0 Å². The van der Waals surface area contributed by atoms with E-state index in [4.69, 9.17) is 12.0 Å². The second kappa shape index (κ2) is 33.0. The van der Waals surface area contributed by atoms with Crippen LogP contribution in [0, 0.1) is 0 Å². The molecule has 0 saturated heterocycles. The van der Waals surface area contributed by atoms with Crippen molar-refractivity contribution in [2.24, 2.45) is 0 Å². The SMILES string of the molecule is CCCCCCCCCCCC(=O)OP.CCCCCCCCCCCC(=O)[O][Sn]([Cl])([CH2]CCC)[CH2]CCC. The van der Waals surface area contributed by atoms with Crippen LogP contribution >= 0.6 is 18.4 Å². The molecule has 1 unspecified atom stereocenters. The minimum atomic E-state index is -3.13. The molecular weight excluding hydrogens is 633 g/mol. The van der Waals surface area contributed by atoms with Crippen molar-refractivity contribution in [3.63, 3.8) is 0 Å². The Hall–Kier alpha value is 0.459. The van der Waals surface area contributed by atoms with Crippen LogP contribution in [-0.4, -0.2) is 29.6 Å². The Morgan fingerprint density at radius 2 is 0.821 bits per heavy atom. The van der Waals surface area contributed by atoms with Gasteiger partial charge < -0.3 is 4.52 Å². The van der Waals surface area contributed by atoms with Gasteiger partial charge in [0.25, 0.3) is 0 Å². The van der Waals surface area contributed by atoms with Gasteiger partial charge in [-0.05, 0) is 6.42 Å². The van der Waals surface area contributed by atoms with Gasteiger partial charge in [0.2, 0.25) is 0 Å². The van der Waals surface area contributed by atoms with Gasteiger partial charge in [-0.1, -0.05) is 65.2 Å². The first-order valence-electron chi connectivity index (χ1n) is 16.7. The maximum atomic E-state index is 12.1. The van der Waals surface area contributed by atoms with Crippen molar-refractivity contribution >= 4 is 48.0 Å². The van der Waals surface area contributed by atoms with Crippen molar-refractivity contribution in [2.45, 2.75) is 191 Å². The fourth-order valence-corrected chi connectivity index (χ4v) is 14.9. The molecule has 0 aliphatic heterocycles. The third-order valence-corrected chi connectivity index (χ3v) is 18.5. The number of rotatable bonds is 27. The number of hydrogen-bond acceptors (Lipinski definition) is 4. The zero-order chi connectivity index (χ0) is 29.5. The molecule has 0 fully saturated rings. The summed E-state index contributed by atoms with van der Waals surface area (Å²) in [6.45, 7) is 8.84. The van der Waals surface area contributed by atoms with Crippen LogP contribution in [0.25, 0.3) is 0 Å². The van der Waals surface area contributed by atoms with Gasteiger partial charge in [-0.2, -0.15) is 0 Å². The molecule has 0 saturated carbocycles. The Kier molecular flexibility index (Phi) is 35.2. The fourth-order valence-electron chi connectivity index (χ4n) is 4.58. The van der Waals surface area contributed by atoms with E-state index in [-0.39, 0.29) is 11.9 Å². The van der Waals surface area contributed by atoms with Crippen LogP contribution in [0.3, 0.4) is 0 Å². The van der Waals surface area contributed by atoms with E-state index in [1.807, 2.05) is 9.47 Å². The van der Waals surface area contributed by atoms with Crippen molar-refractivity contribution in [1.82, 2.24) is 0 Å². The van der Waals surface area contributed by atoms with Crippen LogP contribution in [-0.2, 0) is 17.2 Å². The van der Waals surface area contributed by atoms with E-state index < -0.39 is 17.7 Å². The quantitative estimate of drug-likeness (QED) is 0.0486. The number of halogens is 1. The van der Waals surface area contributed by atoms with Gasteiger partial charge in [-0.25, -0.2) is 0 Å². The van der Waals surface area contributed by atoms with Crippen LogP contribution < -0.4 is 0 Å². The van der Waals surface area contributed by atoms with Gasteiger partial charge in [0.15, 0.2) is 0 Å². The predicted molar refractivity (Wildman–Crippen MR) is 177 cm³/mol. The average Bonchev–Trinajstić information content (AvgIpc) is 2.93. The number of carbonyl (C=O) groups is 2. The molecule has 39 heavy (non-hydrogen) atoms. The van der Waals surface area contributed by atoms with Gasteiger partial charge >= 0.3 is 159 Å². The fraction of sp³-hybridized carbons (Fsp3) is 0.938. The molecule has 0 rings (SSSR count). The molecule has 0 aliphatic carbocycles. The normalized spacial score (nSPS) is 11.1. The summed E-state index contributed by atoms with van der Waals surface area (Å²) < 4.78 is 12.3. The third-order valence-electron chi connectivity index (χ3n) is 7.20. The standard InChI is InChI=1S/C12H25O2P.C12H24O2.2C4H9.ClH.Sn/c1-2-3-4-5-6-7-8-9-10-11-12(13)14-15;1-2-3-4-5-6-7-8-9-10-11-12(13)14;2*1-3-4-2;;/h2-11,15H2,1H3;2-11H2,1H3,(H,13,14);2*1,3-4H2,2H3;1H;/q;;;;;+2/p-2. The molecule has 0 aromatic carbocycles. The minimum absolute atomic E-state index is 0.0176. The molecule has 0 aromatic heterocycles. The molecule has 7 heteroatoms. The Labute approximate surface area is 254 Å². The summed E-state index contributed by atoms with van der Waals surface area (Å²) in [7, 11) is 8.78. The van der Waals surface area contributed by atoms with Gasteiger partial charge in [-0.3, -0.25) is 4.79 Å². The molecule has 0 heterocycles. The van der Waals surface area contributed by atoms with Gasteiger partial charge in [0, 0.05) is 6.42 Å². The van der Waals surface area contributed by atoms with Gasteiger partial charge in [0.05, 0.1) is 9.47 Å². The molecule has 0 spiro atoms. The molecule has 0 N–H and O–H groups in total. The van der Waals surface area contributed by atoms with E-state index in [0.717, 1.165) is 60.2 Å². The van der Waals surface area contributed by atoms with E-state index >= 15 is 0 Å². The number of hydrogen-bond donors (Lipinski definition) is 0. The van der Waals surface area contributed by atoms with Crippen LogP contribution in [0.4, 0.5) is 0 Å². The Morgan fingerprint density at radius 3 is 1.15 bits per heavy atom. The summed E-state index contributed by atoms with van der Waals surface area (Å²) in [5.74, 6) is -0.126. The first kappa shape index (κ1) is 41.6. The molecule has 0 bridgehead atoms. The first-order chi connectivity index (χ1) is 18.9. The van der Waals surface area contributed by atoms with E-state index in [1.54, 1.807) is 0 Å². The monoisotopic (exact) mass is 700 g/mol. The number of carbonyl (C=O) groups excluding carboxylic acids is 2. The number of unbranched alkanes of at least 4 members (excludes halogenated alkanes) is 18. The maximum absolute atomic E-state index is 12.1. The van der Waals surface area contributed by atoms with Crippen LogP contribution in [0.5, 0.6) is 0 Å². The Balaban J connectivity index is 0. The zero-order valence-electron chi connectivity index (χ0n) is 26.5. The Morgan fingerprint density at radius 1 is 0.513 bits per heavy atom. The van der Waals surface area contributed by atoms with Crippen molar-refractivity contribution in [2.75, 3.05) is 0 Å². The third kappa shape index (κ3) is 32.8. The van der Waals surface area contributed by atoms with Gasteiger partial charge in [0.1, 0.15) is 0 Å². The van der Waals surface area contributed by atoms with Crippen LogP contribution in [0.15, 0.2) is 0 Å². The molecule has 234 valence electrons. The first-order valence-corrected chi connectivity index (χ1v) is 26.0. The second-order valence-corrected chi connectivity index (χ2v) is 24.5. The van der Waals surface area contributed by atoms with E-state index in [1.165, 1.54) is 89.9 Å². The van der Waals surface area contributed by atoms with Crippen molar-refractivity contribution in [3.8, 4) is 0 Å². The van der Waals surface area contributed by atoms with E-state index in [0.29, 0.717) is 12.8 Å². The molecule has 1 atom stereocenters. The topological polar surface area (TPSA) is 52.6 Å². The van der Waals surface area contributed by atoms with Crippen LogP contribution in [0.1, 0.15) is 182 Å². The van der Waals surface area contributed by atoms with E-state index in [9.17, 15) is 9.59 Å². The van der Waals surface area contributed by atoms with Crippen molar-refractivity contribution in [1.29, 1.82) is 0 Å². The van der Waals surface area contributed by atoms with Crippen molar-refractivity contribution in [3.05, 3.63) is 0 Å². The molecule has 0 aliphatic rings. The Bertz CT molecular complexity index is 528. The summed E-state index contributed by atoms with van der Waals surface area (Å²) >= 11 is -3.13. The van der Waals surface area contributed by atoms with Crippen molar-refractivity contribution < 1.29 is 17.2 Å². The van der Waals surface area contributed by atoms with E-state index in [2.05, 4.69) is 32.2 Å². The summed E-state index contributed by atoms with van der Waals surface area (Å²) in [6.07, 6.45) is 28.6. The molecule has 0 radical (unpaired) electrons. The summed E-state index contributed by atoms with van der Waals surface area (Å²) in [5, 5.41) is 0. The predicted octanol–water partition coefficient (Wildman–Crippen LogP) is 12.0. The molecule has 0 aromatic rings.